The van der Waals surface area contributed by atoms with E-state index in [1.807, 2.05) is 26.0 Å². The van der Waals surface area contributed by atoms with Crippen LogP contribution in [0.2, 0.25) is 0 Å². The molecule has 0 rings (SSSR count). The van der Waals surface area contributed by atoms with Crippen LogP contribution in [0.1, 0.15) is 118 Å². The molecule has 0 aliphatic carbocycles. The molecule has 2 unspecified atom stereocenters. The van der Waals surface area contributed by atoms with Crippen LogP contribution in [0, 0.1) is 0 Å². The van der Waals surface area contributed by atoms with Crippen LogP contribution in [-0.2, 0) is 23.8 Å². The van der Waals surface area contributed by atoms with Gasteiger partial charge in [0, 0.05) is 11.1 Å². The third kappa shape index (κ3) is 16.9. The summed E-state index contributed by atoms with van der Waals surface area (Å²) >= 11 is 0. The summed E-state index contributed by atoms with van der Waals surface area (Å²) in [6.45, 7) is 8.50. The van der Waals surface area contributed by atoms with Crippen molar-refractivity contribution in [1.82, 2.24) is 0 Å². The maximum absolute atomic E-state index is 11.5. The summed E-state index contributed by atoms with van der Waals surface area (Å²) < 4.78 is 17.0. The number of hydrogen-bond acceptors (Lipinski definition) is 5. The van der Waals surface area contributed by atoms with E-state index in [0.717, 1.165) is 38.3 Å². The van der Waals surface area contributed by atoms with E-state index in [4.69, 9.17) is 14.2 Å². The average Bonchev–Trinajstić information content (AvgIpc) is 2.84. The standard InChI is InChI=1S/C28H50O5/c1-5-9-11-13-15-17-19-25(21-29)27(7-3)32-23-31-24-33-28(8-4)26(22-30)20-18-16-14-12-10-6-2/h19-22,27-28H,5-18,23-24H2,1-4H3. The zero-order valence-corrected chi connectivity index (χ0v) is 21.8. The van der Waals surface area contributed by atoms with Crippen LogP contribution in [0.3, 0.4) is 0 Å². The fourth-order valence-corrected chi connectivity index (χ4v) is 3.74. The Morgan fingerprint density at radius 1 is 0.606 bits per heavy atom. The van der Waals surface area contributed by atoms with Crippen LogP contribution in [0.25, 0.3) is 0 Å². The maximum Gasteiger partial charge on any atom is 0.150 e. The summed E-state index contributed by atoms with van der Waals surface area (Å²) in [6, 6.07) is 0. The van der Waals surface area contributed by atoms with Crippen LogP contribution in [0.5, 0.6) is 0 Å². The zero-order chi connectivity index (χ0) is 24.6. The lowest BCUT2D eigenvalue weighted by Crippen LogP contribution is -2.21. The highest BCUT2D eigenvalue weighted by Crippen LogP contribution is 2.15. The molecule has 0 aromatic rings. The highest BCUT2D eigenvalue weighted by Gasteiger charge is 2.14. The predicted molar refractivity (Wildman–Crippen MR) is 136 cm³/mol. The molecule has 5 nitrogen and oxygen atoms in total. The molecule has 0 radical (unpaired) electrons. The lowest BCUT2D eigenvalue weighted by molar-refractivity contribution is -0.156. The number of ether oxygens (including phenoxy) is 3. The van der Waals surface area contributed by atoms with Crippen LogP contribution in [-0.4, -0.2) is 38.4 Å². The summed E-state index contributed by atoms with van der Waals surface area (Å²) in [5, 5.41) is 0. The monoisotopic (exact) mass is 466 g/mol. The molecule has 0 aliphatic heterocycles. The van der Waals surface area contributed by atoms with Gasteiger partial charge in [-0.05, 0) is 38.5 Å². The van der Waals surface area contributed by atoms with E-state index in [2.05, 4.69) is 13.8 Å². The van der Waals surface area contributed by atoms with Crippen molar-refractivity contribution in [2.24, 2.45) is 0 Å². The molecule has 192 valence electrons. The second kappa shape index (κ2) is 23.8. The van der Waals surface area contributed by atoms with Gasteiger partial charge in [0.15, 0.2) is 0 Å². The lowest BCUT2D eigenvalue weighted by atomic mass is 10.1. The number of aldehydes is 2. The van der Waals surface area contributed by atoms with E-state index in [9.17, 15) is 9.59 Å². The normalized spacial score (nSPS) is 14.3. The van der Waals surface area contributed by atoms with Crippen molar-refractivity contribution in [3.8, 4) is 0 Å². The topological polar surface area (TPSA) is 61.8 Å². The Morgan fingerprint density at radius 2 is 1.00 bits per heavy atom. The summed E-state index contributed by atoms with van der Waals surface area (Å²) in [4.78, 5) is 23.0. The van der Waals surface area contributed by atoms with Gasteiger partial charge in [0.05, 0.1) is 12.2 Å². The Kier molecular flexibility index (Phi) is 22.9. The smallest absolute Gasteiger partial charge is 0.150 e. The summed E-state index contributed by atoms with van der Waals surface area (Å²) in [5.41, 5.74) is 1.38. The van der Waals surface area contributed by atoms with Crippen molar-refractivity contribution >= 4 is 12.6 Å². The van der Waals surface area contributed by atoms with Gasteiger partial charge < -0.3 is 14.2 Å². The van der Waals surface area contributed by atoms with Gasteiger partial charge in [0.2, 0.25) is 0 Å². The number of allylic oxidation sites excluding steroid dienone is 2. The molecule has 0 saturated heterocycles. The molecule has 33 heavy (non-hydrogen) atoms. The first kappa shape index (κ1) is 31.7. The molecule has 0 saturated carbocycles. The first-order valence-electron chi connectivity index (χ1n) is 13.3. The molecule has 5 heteroatoms. The Hall–Kier alpha value is -1.30. The quantitative estimate of drug-likeness (QED) is 0.0638. The molecule has 2 atom stereocenters. The van der Waals surface area contributed by atoms with Crippen molar-refractivity contribution < 1.29 is 23.8 Å². The zero-order valence-electron chi connectivity index (χ0n) is 21.8. The van der Waals surface area contributed by atoms with Gasteiger partial charge in [0.25, 0.3) is 0 Å². The molecular weight excluding hydrogens is 416 g/mol. The van der Waals surface area contributed by atoms with Crippen molar-refractivity contribution in [2.75, 3.05) is 13.6 Å². The molecule has 0 heterocycles. The molecule has 0 N–H and O–H groups in total. The van der Waals surface area contributed by atoms with E-state index in [1.54, 1.807) is 0 Å². The first-order chi connectivity index (χ1) is 16.2. The molecular formula is C28H50O5. The number of carbonyl (C=O) groups is 2. The minimum atomic E-state index is -0.266. The average molecular weight is 467 g/mol. The first-order valence-corrected chi connectivity index (χ1v) is 13.3. The van der Waals surface area contributed by atoms with Crippen LogP contribution >= 0.6 is 0 Å². The fourth-order valence-electron chi connectivity index (χ4n) is 3.74. The van der Waals surface area contributed by atoms with Gasteiger partial charge in [-0.25, -0.2) is 0 Å². The molecule has 0 aromatic heterocycles. The Balaban J connectivity index is 4.32. The van der Waals surface area contributed by atoms with Gasteiger partial charge in [-0.2, -0.15) is 0 Å². The minimum Gasteiger partial charge on any atom is -0.347 e. The second-order valence-electron chi connectivity index (χ2n) is 8.62. The second-order valence-corrected chi connectivity index (χ2v) is 8.62. The van der Waals surface area contributed by atoms with Crippen LogP contribution < -0.4 is 0 Å². The molecule has 0 amide bonds. The lowest BCUT2D eigenvalue weighted by Gasteiger charge is -2.19. The molecule has 0 aliphatic rings. The Bertz CT molecular complexity index is 480. The molecule has 0 aromatic carbocycles. The molecule has 0 fully saturated rings. The number of carbonyl (C=O) groups excluding carboxylic acids is 2. The number of unbranched alkanes of at least 4 members (excludes halogenated alkanes) is 10. The Morgan fingerprint density at radius 3 is 1.33 bits per heavy atom. The van der Waals surface area contributed by atoms with Crippen molar-refractivity contribution in [3.63, 3.8) is 0 Å². The highest BCUT2D eigenvalue weighted by molar-refractivity contribution is 5.75. The fraction of sp³-hybridized carbons (Fsp3) is 0.786. The SMILES string of the molecule is CCCCCCCC=C(C=O)C(CC)OCOCOC(CC)C(C=O)=CCCCCCCC. The van der Waals surface area contributed by atoms with Crippen molar-refractivity contribution in [2.45, 2.75) is 130 Å². The minimum absolute atomic E-state index is 0.0498. The van der Waals surface area contributed by atoms with E-state index in [-0.39, 0.29) is 25.8 Å². The van der Waals surface area contributed by atoms with Gasteiger partial charge in [0.1, 0.15) is 26.2 Å². The van der Waals surface area contributed by atoms with Gasteiger partial charge in [-0.1, -0.05) is 91.2 Å². The molecule has 0 bridgehead atoms. The van der Waals surface area contributed by atoms with Gasteiger partial charge >= 0.3 is 0 Å². The summed E-state index contributed by atoms with van der Waals surface area (Å²) in [7, 11) is 0. The van der Waals surface area contributed by atoms with E-state index in [0.29, 0.717) is 24.0 Å². The van der Waals surface area contributed by atoms with E-state index < -0.39 is 0 Å². The van der Waals surface area contributed by atoms with Crippen LogP contribution in [0.4, 0.5) is 0 Å². The predicted octanol–water partition coefficient (Wildman–Crippen LogP) is 7.48. The third-order valence-electron chi connectivity index (χ3n) is 5.84. The number of rotatable bonds is 24. The van der Waals surface area contributed by atoms with Crippen LogP contribution in [0.15, 0.2) is 23.3 Å². The molecule has 0 spiro atoms. The third-order valence-corrected chi connectivity index (χ3v) is 5.84. The largest absolute Gasteiger partial charge is 0.347 e. The van der Waals surface area contributed by atoms with Crippen molar-refractivity contribution in [3.05, 3.63) is 23.3 Å². The van der Waals surface area contributed by atoms with E-state index in [1.165, 1.54) is 51.4 Å². The van der Waals surface area contributed by atoms with E-state index >= 15 is 0 Å². The number of hydrogen-bond donors (Lipinski definition) is 0. The van der Waals surface area contributed by atoms with Crippen molar-refractivity contribution in [1.29, 1.82) is 0 Å². The summed E-state index contributed by atoms with van der Waals surface area (Å²) in [6.07, 6.45) is 20.6. The van der Waals surface area contributed by atoms with Gasteiger partial charge in [-0.3, -0.25) is 9.59 Å². The highest BCUT2D eigenvalue weighted by atomic mass is 16.7. The Labute approximate surface area is 203 Å². The summed E-state index contributed by atoms with van der Waals surface area (Å²) in [5.74, 6) is 0. The maximum atomic E-state index is 11.5. The van der Waals surface area contributed by atoms with Gasteiger partial charge in [-0.15, -0.1) is 0 Å².